The van der Waals surface area contributed by atoms with E-state index in [2.05, 4.69) is 20.4 Å². The van der Waals surface area contributed by atoms with Crippen LogP contribution in [0, 0.1) is 11.3 Å². The van der Waals surface area contributed by atoms with E-state index in [0.29, 0.717) is 17.9 Å². The van der Waals surface area contributed by atoms with Crippen molar-refractivity contribution < 1.29 is 29.0 Å². The number of ether oxygens (including phenoxy) is 2. The minimum atomic E-state index is -0.854. The summed E-state index contributed by atoms with van der Waals surface area (Å²) in [5, 5.41) is 10.9. The molecular formula is C26H30O6. The third-order valence-electron chi connectivity index (χ3n) is 7.69. The van der Waals surface area contributed by atoms with E-state index in [9.17, 15) is 19.5 Å². The second-order valence-electron chi connectivity index (χ2n) is 10.2. The standard InChI is InChI=1S/C26H30O6/c1-14-6-7-15(25(2,3)12-14)8-9-26(4)20(13-27)32-24-21-16(10-18(29)22(24)26)23(30)19(31-5)11-17(21)28/h10-11,13,15,20,29H,1,6-9,12H2,2-5H3/t15?,20-,26-/m1/s1. The van der Waals surface area contributed by atoms with Gasteiger partial charge >= 0.3 is 0 Å². The highest BCUT2D eigenvalue weighted by Gasteiger charge is 2.51. The number of Topliss-reactive ketones (excluding diaryl/α,β-unsaturated/α-hetero) is 1. The lowest BCUT2D eigenvalue weighted by atomic mass is 9.63. The van der Waals surface area contributed by atoms with Crippen molar-refractivity contribution in [1.82, 2.24) is 0 Å². The zero-order chi connectivity index (χ0) is 23.4. The summed E-state index contributed by atoms with van der Waals surface area (Å²) in [5.74, 6) is -0.578. The van der Waals surface area contributed by atoms with Crippen molar-refractivity contribution >= 4 is 17.9 Å². The second kappa shape index (κ2) is 7.61. The molecule has 2 aliphatic carbocycles. The summed E-state index contributed by atoms with van der Waals surface area (Å²) in [7, 11) is 1.31. The minimum Gasteiger partial charge on any atom is -0.507 e. The second-order valence-corrected chi connectivity index (χ2v) is 10.2. The zero-order valence-electron chi connectivity index (χ0n) is 19.1. The van der Waals surface area contributed by atoms with Gasteiger partial charge in [-0.05, 0) is 49.5 Å². The Kier molecular flexibility index (Phi) is 5.30. The van der Waals surface area contributed by atoms with Crippen LogP contribution in [0.25, 0.3) is 0 Å². The highest BCUT2D eigenvalue weighted by molar-refractivity contribution is 6.25. The molecule has 1 saturated carbocycles. The largest absolute Gasteiger partial charge is 0.507 e. The number of fused-ring (bicyclic) bond motifs is 3. The van der Waals surface area contributed by atoms with Gasteiger partial charge in [0.2, 0.25) is 5.78 Å². The Labute approximate surface area is 188 Å². The van der Waals surface area contributed by atoms with Crippen LogP contribution >= 0.6 is 0 Å². The predicted octanol–water partition coefficient (Wildman–Crippen LogP) is 4.68. The lowest BCUT2D eigenvalue weighted by Crippen LogP contribution is -2.38. The summed E-state index contributed by atoms with van der Waals surface area (Å²) in [4.78, 5) is 37.6. The fraction of sp³-hybridized carbons (Fsp3) is 0.500. The van der Waals surface area contributed by atoms with E-state index in [1.165, 1.54) is 18.7 Å². The van der Waals surface area contributed by atoms with E-state index in [0.717, 1.165) is 38.0 Å². The summed E-state index contributed by atoms with van der Waals surface area (Å²) >= 11 is 0. The van der Waals surface area contributed by atoms with Crippen molar-refractivity contribution in [1.29, 1.82) is 0 Å². The van der Waals surface area contributed by atoms with Crippen LogP contribution in [-0.4, -0.2) is 36.2 Å². The SMILES string of the molecule is C=C1CCC(CC[C@@]2(C)c3c(O)cc4c(c3O[C@@H]2C=O)C(=O)C=C(OC)C4=O)C(C)(C)C1. The van der Waals surface area contributed by atoms with Gasteiger partial charge in [-0.25, -0.2) is 0 Å². The van der Waals surface area contributed by atoms with Crippen LogP contribution in [-0.2, 0) is 14.9 Å². The van der Waals surface area contributed by atoms with Crippen molar-refractivity contribution in [3.8, 4) is 11.5 Å². The van der Waals surface area contributed by atoms with Gasteiger partial charge in [0, 0.05) is 22.6 Å². The number of phenolic OH excluding ortho intramolecular Hbond substituents is 1. The van der Waals surface area contributed by atoms with Crippen LogP contribution in [0.3, 0.4) is 0 Å². The average Bonchev–Trinajstić information content (AvgIpc) is 3.02. The average molecular weight is 439 g/mol. The van der Waals surface area contributed by atoms with E-state index in [-0.39, 0.29) is 33.8 Å². The monoisotopic (exact) mass is 438 g/mol. The van der Waals surface area contributed by atoms with Crippen molar-refractivity contribution in [3.05, 3.63) is 46.7 Å². The normalized spacial score (nSPS) is 28.5. The van der Waals surface area contributed by atoms with Gasteiger partial charge in [0.15, 0.2) is 23.9 Å². The molecule has 3 atom stereocenters. The lowest BCUT2D eigenvalue weighted by molar-refractivity contribution is -0.115. The molecule has 0 radical (unpaired) electrons. The van der Waals surface area contributed by atoms with Crippen LogP contribution in [0.5, 0.6) is 11.5 Å². The molecule has 1 aromatic carbocycles. The Bertz CT molecular complexity index is 1060. The lowest BCUT2D eigenvalue weighted by Gasteiger charge is -2.41. The summed E-state index contributed by atoms with van der Waals surface area (Å²) < 4.78 is 11.0. The number of benzene rings is 1. The molecule has 6 heteroatoms. The van der Waals surface area contributed by atoms with Gasteiger partial charge in [0.05, 0.1) is 12.7 Å². The van der Waals surface area contributed by atoms with Gasteiger partial charge in [-0.1, -0.05) is 32.9 Å². The van der Waals surface area contributed by atoms with E-state index < -0.39 is 23.1 Å². The molecule has 6 nitrogen and oxygen atoms in total. The van der Waals surface area contributed by atoms with E-state index in [4.69, 9.17) is 9.47 Å². The molecule has 1 fully saturated rings. The van der Waals surface area contributed by atoms with Gasteiger partial charge in [0.25, 0.3) is 0 Å². The van der Waals surface area contributed by atoms with Gasteiger partial charge in [-0.3, -0.25) is 14.4 Å². The number of phenols is 1. The molecule has 1 aromatic rings. The quantitative estimate of drug-likeness (QED) is 0.530. The first kappa shape index (κ1) is 22.3. The van der Waals surface area contributed by atoms with Gasteiger partial charge in [0.1, 0.15) is 11.5 Å². The maximum atomic E-state index is 12.8. The number of rotatable bonds is 5. The van der Waals surface area contributed by atoms with E-state index >= 15 is 0 Å². The first-order valence-corrected chi connectivity index (χ1v) is 11.1. The number of hydrogen-bond acceptors (Lipinski definition) is 6. The number of allylic oxidation sites excluding steroid dienone is 3. The topological polar surface area (TPSA) is 89.9 Å². The fourth-order valence-electron chi connectivity index (χ4n) is 5.78. The molecule has 3 aliphatic rings. The van der Waals surface area contributed by atoms with Crippen LogP contribution in [0.2, 0.25) is 0 Å². The number of aldehydes is 1. The number of hydrogen-bond donors (Lipinski definition) is 1. The highest BCUT2D eigenvalue weighted by Crippen LogP contribution is 2.54. The Morgan fingerprint density at radius 1 is 1.31 bits per heavy atom. The molecule has 4 rings (SSSR count). The minimum absolute atomic E-state index is 0.0337. The number of methoxy groups -OCH3 is 1. The van der Waals surface area contributed by atoms with Crippen molar-refractivity contribution in [3.63, 3.8) is 0 Å². The van der Waals surface area contributed by atoms with E-state index in [1.54, 1.807) is 0 Å². The number of carbonyl (C=O) groups excluding carboxylic acids is 3. The van der Waals surface area contributed by atoms with Crippen LogP contribution < -0.4 is 4.74 Å². The molecule has 170 valence electrons. The summed E-state index contributed by atoms with van der Waals surface area (Å²) in [6.45, 7) is 10.5. The molecule has 0 saturated heterocycles. The number of carbonyl (C=O) groups is 3. The molecule has 1 heterocycles. The molecule has 1 unspecified atom stereocenters. The van der Waals surface area contributed by atoms with Gasteiger partial charge < -0.3 is 14.6 Å². The van der Waals surface area contributed by atoms with Crippen LogP contribution in [0.1, 0.15) is 79.2 Å². The summed E-state index contributed by atoms with van der Waals surface area (Å²) in [5.41, 5.74) is 1.12. The molecular weight excluding hydrogens is 408 g/mol. The summed E-state index contributed by atoms with van der Waals surface area (Å²) in [6.07, 6.45) is 5.47. The Balaban J connectivity index is 1.74. The Morgan fingerprint density at radius 2 is 2.03 bits per heavy atom. The molecule has 0 spiro atoms. The number of aromatic hydroxyl groups is 1. The van der Waals surface area contributed by atoms with Crippen LogP contribution in [0.4, 0.5) is 0 Å². The predicted molar refractivity (Wildman–Crippen MR) is 119 cm³/mol. The Hall–Kier alpha value is -2.89. The molecule has 1 N–H and O–H groups in total. The van der Waals surface area contributed by atoms with Crippen molar-refractivity contribution in [2.24, 2.45) is 11.3 Å². The highest BCUT2D eigenvalue weighted by atomic mass is 16.5. The first-order chi connectivity index (χ1) is 15.0. The molecule has 0 bridgehead atoms. The maximum absolute atomic E-state index is 12.8. The molecule has 1 aliphatic heterocycles. The summed E-state index contributed by atoms with van der Waals surface area (Å²) in [6, 6.07) is 1.31. The molecule has 0 aromatic heterocycles. The maximum Gasteiger partial charge on any atom is 0.228 e. The smallest absolute Gasteiger partial charge is 0.228 e. The van der Waals surface area contributed by atoms with Crippen molar-refractivity contribution in [2.45, 2.75) is 64.4 Å². The van der Waals surface area contributed by atoms with Gasteiger partial charge in [-0.15, -0.1) is 0 Å². The third-order valence-corrected chi connectivity index (χ3v) is 7.69. The van der Waals surface area contributed by atoms with Crippen LogP contribution in [0.15, 0.2) is 30.1 Å². The molecule has 0 amide bonds. The fourth-order valence-corrected chi connectivity index (χ4v) is 5.78. The molecule has 32 heavy (non-hydrogen) atoms. The zero-order valence-corrected chi connectivity index (χ0v) is 19.1. The van der Waals surface area contributed by atoms with Gasteiger partial charge in [-0.2, -0.15) is 0 Å². The van der Waals surface area contributed by atoms with Crippen molar-refractivity contribution in [2.75, 3.05) is 7.11 Å². The number of ketones is 2. The van der Waals surface area contributed by atoms with E-state index in [1.807, 2.05) is 6.92 Å². The Morgan fingerprint density at radius 3 is 2.66 bits per heavy atom. The first-order valence-electron chi connectivity index (χ1n) is 11.1. The third kappa shape index (κ3) is 3.28.